The van der Waals surface area contributed by atoms with E-state index in [1.807, 2.05) is 17.0 Å². The Balaban J connectivity index is 1.40. The molecule has 0 atom stereocenters. The normalized spacial score (nSPS) is 14.4. The van der Waals surface area contributed by atoms with E-state index in [2.05, 4.69) is 60.4 Å². The summed E-state index contributed by atoms with van der Waals surface area (Å²) in [7, 11) is -4.12. The molecule has 2 aromatic rings. The van der Waals surface area contributed by atoms with Crippen molar-refractivity contribution in [1.82, 2.24) is 4.90 Å². The van der Waals surface area contributed by atoms with E-state index >= 15 is 0 Å². The molecule has 1 saturated heterocycles. The van der Waals surface area contributed by atoms with Crippen molar-refractivity contribution in [1.29, 1.82) is 0 Å². The maximum atomic E-state index is 12.5. The van der Waals surface area contributed by atoms with Gasteiger partial charge in [0.25, 0.3) is 0 Å². The molecule has 7 heteroatoms. The summed E-state index contributed by atoms with van der Waals surface area (Å²) >= 11 is 0. The van der Waals surface area contributed by atoms with Gasteiger partial charge in [-0.1, -0.05) is 81.2 Å². The molecule has 0 bridgehead atoms. The number of amides is 1. The van der Waals surface area contributed by atoms with E-state index in [4.69, 9.17) is 0 Å². The first-order chi connectivity index (χ1) is 17.8. The van der Waals surface area contributed by atoms with Gasteiger partial charge in [0.05, 0.1) is 10.1 Å². The molecule has 1 heterocycles. The van der Waals surface area contributed by atoms with Crippen LogP contribution in [-0.2, 0) is 21.3 Å². The summed E-state index contributed by atoms with van der Waals surface area (Å²) < 4.78 is 32.0. The van der Waals surface area contributed by atoms with E-state index in [9.17, 15) is 17.8 Å². The lowest BCUT2D eigenvalue weighted by Crippen LogP contribution is -2.48. The molecule has 0 N–H and O–H groups in total. The number of unbranched alkanes of at least 4 members (excludes halogenated alkanes) is 5. The van der Waals surface area contributed by atoms with Crippen molar-refractivity contribution in [2.24, 2.45) is 0 Å². The Morgan fingerprint density at radius 2 is 1.41 bits per heavy atom. The first-order valence-electron chi connectivity index (χ1n) is 13.7. The van der Waals surface area contributed by atoms with Gasteiger partial charge in [0.15, 0.2) is 0 Å². The predicted octanol–water partition coefficient (Wildman–Crippen LogP) is 5.73. The molecule has 0 unspecified atom stereocenters. The molecule has 1 aliphatic rings. The highest BCUT2D eigenvalue weighted by Gasteiger charge is 2.20. The van der Waals surface area contributed by atoms with Crippen LogP contribution in [0.15, 0.2) is 48.5 Å². The van der Waals surface area contributed by atoms with Crippen LogP contribution < -0.4 is 4.90 Å². The molecular weight excluding hydrogens is 484 g/mol. The Kier molecular flexibility index (Phi) is 11.7. The average molecular weight is 526 g/mol. The number of carbonyl (C=O) groups is 1. The quantitative estimate of drug-likeness (QED) is 0.179. The van der Waals surface area contributed by atoms with Crippen molar-refractivity contribution < 1.29 is 17.8 Å². The van der Waals surface area contributed by atoms with Crippen molar-refractivity contribution in [3.8, 4) is 0 Å². The van der Waals surface area contributed by atoms with Gasteiger partial charge in [0.1, 0.15) is 0 Å². The second-order valence-corrected chi connectivity index (χ2v) is 11.4. The molecule has 2 aromatic carbocycles. The molecule has 3 rings (SSSR count). The number of benzene rings is 2. The van der Waals surface area contributed by atoms with E-state index in [1.165, 1.54) is 24.9 Å². The molecule has 37 heavy (non-hydrogen) atoms. The summed E-state index contributed by atoms with van der Waals surface area (Å²) in [5, 5.41) is 0. The lowest BCUT2D eigenvalue weighted by Gasteiger charge is -2.36. The first-order valence-corrected chi connectivity index (χ1v) is 15.2. The largest absolute Gasteiger partial charge is 0.748 e. The number of nitrogens with zero attached hydrogens (tertiary/aromatic N) is 2. The lowest BCUT2D eigenvalue weighted by molar-refractivity contribution is -0.131. The Bertz CT molecular complexity index is 1090. The molecule has 0 saturated carbocycles. The van der Waals surface area contributed by atoms with Gasteiger partial charge in [-0.3, -0.25) is 4.79 Å². The molecule has 1 fully saturated rings. The monoisotopic (exact) mass is 525 g/mol. The fourth-order valence-corrected chi connectivity index (χ4v) is 5.20. The molecule has 6 nitrogen and oxygen atoms in total. The van der Waals surface area contributed by atoms with Gasteiger partial charge < -0.3 is 14.4 Å². The van der Waals surface area contributed by atoms with Crippen molar-refractivity contribution >= 4 is 33.9 Å². The van der Waals surface area contributed by atoms with Gasteiger partial charge in [0.2, 0.25) is 5.91 Å². The number of anilines is 1. The smallest absolute Gasteiger partial charge is 0.222 e. The summed E-state index contributed by atoms with van der Waals surface area (Å²) in [5.74, 6) is 0.0150. The average Bonchev–Trinajstić information content (AvgIpc) is 2.90. The minimum absolute atomic E-state index is 0.290. The van der Waals surface area contributed by atoms with Crippen LogP contribution in [0.5, 0.6) is 0 Å². The van der Waals surface area contributed by atoms with Crippen LogP contribution in [-0.4, -0.2) is 55.7 Å². The summed E-state index contributed by atoms with van der Waals surface area (Å²) in [6, 6.07) is 16.7. The molecule has 0 radical (unpaired) electrons. The van der Waals surface area contributed by atoms with Gasteiger partial charge in [-0.15, -0.1) is 0 Å². The van der Waals surface area contributed by atoms with Crippen molar-refractivity contribution in [3.05, 3.63) is 65.2 Å². The molecule has 1 amide bonds. The highest BCUT2D eigenvalue weighted by Crippen LogP contribution is 2.20. The Morgan fingerprint density at radius 3 is 2.00 bits per heavy atom. The lowest BCUT2D eigenvalue weighted by atomic mass is 10.1. The maximum absolute atomic E-state index is 12.5. The van der Waals surface area contributed by atoms with Crippen LogP contribution in [0.3, 0.4) is 0 Å². The van der Waals surface area contributed by atoms with Crippen LogP contribution >= 0.6 is 0 Å². The van der Waals surface area contributed by atoms with Crippen LogP contribution in [0.4, 0.5) is 5.69 Å². The maximum Gasteiger partial charge on any atom is 0.222 e. The third kappa shape index (κ3) is 10.7. The fraction of sp³-hybridized carbons (Fsp3) is 0.500. The van der Waals surface area contributed by atoms with Crippen LogP contribution in [0, 0.1) is 0 Å². The van der Waals surface area contributed by atoms with Crippen molar-refractivity contribution in [3.63, 3.8) is 0 Å². The topological polar surface area (TPSA) is 80.8 Å². The highest BCUT2D eigenvalue weighted by molar-refractivity contribution is 7.85. The van der Waals surface area contributed by atoms with E-state index in [1.54, 1.807) is 0 Å². The van der Waals surface area contributed by atoms with E-state index in [0.29, 0.717) is 25.2 Å². The summed E-state index contributed by atoms with van der Waals surface area (Å²) in [6.07, 6.45) is 12.6. The van der Waals surface area contributed by atoms with Gasteiger partial charge in [-0.2, -0.15) is 0 Å². The third-order valence-electron chi connectivity index (χ3n) is 6.94. The standard InChI is InChI=1S/C30H42N2O4S/c1-2-3-4-5-6-10-30(33)32-23-21-31(22-24-32)29-19-17-28(18-20-29)16-15-27-13-11-26(12-14-27)9-7-8-25-37(34,35)36/h11-20H,2-10,21-25H2,1H3,(H,34,35,36)/p-1/b16-15+. The van der Waals surface area contributed by atoms with Gasteiger partial charge in [-0.25, -0.2) is 8.42 Å². The zero-order valence-corrected chi connectivity index (χ0v) is 22.9. The molecule has 1 aliphatic heterocycles. The molecular formula is C30H41N2O4S-. The zero-order valence-electron chi connectivity index (χ0n) is 22.1. The number of carbonyl (C=O) groups excluding carboxylic acids is 1. The number of aryl methyl sites for hydroxylation is 1. The summed E-state index contributed by atoms with van der Waals surface area (Å²) in [6.45, 7) is 5.54. The molecule has 0 spiro atoms. The summed E-state index contributed by atoms with van der Waals surface area (Å²) in [4.78, 5) is 16.9. The number of hydrogen-bond acceptors (Lipinski definition) is 5. The van der Waals surface area contributed by atoms with Crippen molar-refractivity contribution in [2.75, 3.05) is 36.8 Å². The van der Waals surface area contributed by atoms with Crippen LogP contribution in [0.1, 0.15) is 75.0 Å². The number of hydrogen-bond donors (Lipinski definition) is 0. The van der Waals surface area contributed by atoms with E-state index < -0.39 is 10.1 Å². The van der Waals surface area contributed by atoms with Crippen LogP contribution in [0.25, 0.3) is 12.2 Å². The SMILES string of the molecule is CCCCCCCC(=O)N1CCN(c2ccc(/C=C/c3ccc(CCCCS(=O)(=O)[O-])cc3)cc2)CC1. The Hall–Kier alpha value is -2.64. The van der Waals surface area contributed by atoms with E-state index in [0.717, 1.165) is 62.1 Å². The fourth-order valence-electron chi connectivity index (χ4n) is 4.64. The minimum atomic E-state index is -4.12. The predicted molar refractivity (Wildman–Crippen MR) is 151 cm³/mol. The molecule has 0 aromatic heterocycles. The van der Waals surface area contributed by atoms with Gasteiger partial charge in [-0.05, 0) is 54.5 Å². The Labute approximate surface area is 223 Å². The zero-order chi connectivity index (χ0) is 26.5. The Morgan fingerprint density at radius 1 is 0.811 bits per heavy atom. The number of piperazine rings is 1. The minimum Gasteiger partial charge on any atom is -0.748 e. The van der Waals surface area contributed by atoms with E-state index in [-0.39, 0.29) is 5.75 Å². The first kappa shape index (κ1) is 28.9. The third-order valence-corrected chi connectivity index (χ3v) is 7.73. The number of rotatable bonds is 14. The highest BCUT2D eigenvalue weighted by atomic mass is 32.2. The second-order valence-electron chi connectivity index (χ2n) is 9.92. The molecule has 0 aliphatic carbocycles. The van der Waals surface area contributed by atoms with Gasteiger partial charge in [0, 0.05) is 44.0 Å². The van der Waals surface area contributed by atoms with Gasteiger partial charge >= 0.3 is 0 Å². The second kappa shape index (κ2) is 14.9. The molecule has 202 valence electrons. The van der Waals surface area contributed by atoms with Crippen molar-refractivity contribution in [2.45, 2.75) is 64.7 Å². The summed E-state index contributed by atoms with van der Waals surface area (Å²) in [5.41, 5.74) is 4.56. The van der Waals surface area contributed by atoms with Crippen LogP contribution in [0.2, 0.25) is 0 Å².